The van der Waals surface area contributed by atoms with E-state index < -0.39 is 11.5 Å². The number of hydrogen-bond donors (Lipinski definition) is 1. The molecule has 100 valence electrons. The summed E-state index contributed by atoms with van der Waals surface area (Å²) >= 11 is 0. The van der Waals surface area contributed by atoms with Crippen LogP contribution in [0.4, 0.5) is 4.79 Å². The lowest BCUT2D eigenvalue weighted by Crippen LogP contribution is -2.28. The highest BCUT2D eigenvalue weighted by molar-refractivity contribution is 5.75. The summed E-state index contributed by atoms with van der Waals surface area (Å²) in [7, 11) is 0. The lowest BCUT2D eigenvalue weighted by atomic mass is 9.97. The molecular formula is C12H23NO4. The minimum absolute atomic E-state index is 0.0831. The van der Waals surface area contributed by atoms with Crippen LogP contribution in [0.2, 0.25) is 0 Å². The van der Waals surface area contributed by atoms with E-state index in [0.717, 1.165) is 12.8 Å². The summed E-state index contributed by atoms with van der Waals surface area (Å²) in [5.74, 6) is -0.299. The van der Waals surface area contributed by atoms with Gasteiger partial charge in [-0.25, -0.2) is 4.79 Å². The van der Waals surface area contributed by atoms with Gasteiger partial charge in [-0.15, -0.1) is 0 Å². The van der Waals surface area contributed by atoms with Crippen LogP contribution in [-0.4, -0.2) is 31.8 Å². The molecule has 0 unspecified atom stereocenters. The van der Waals surface area contributed by atoms with E-state index in [1.54, 1.807) is 20.8 Å². The quantitative estimate of drug-likeness (QED) is 0.575. The smallest absolute Gasteiger partial charge is 0.407 e. The number of hydrogen-bond acceptors (Lipinski definition) is 4. The third-order valence-electron chi connectivity index (χ3n) is 1.96. The van der Waals surface area contributed by atoms with Gasteiger partial charge in [0.05, 0.1) is 5.41 Å². The Hall–Kier alpha value is -1.26. The molecule has 0 aliphatic heterocycles. The zero-order chi connectivity index (χ0) is 13.3. The van der Waals surface area contributed by atoms with Gasteiger partial charge in [0, 0.05) is 6.54 Å². The van der Waals surface area contributed by atoms with Crippen LogP contribution in [0.15, 0.2) is 0 Å². The second kappa shape index (κ2) is 7.92. The first-order chi connectivity index (χ1) is 7.88. The summed E-state index contributed by atoms with van der Waals surface area (Å²) in [6.45, 7) is 8.14. The molecule has 0 aromatic heterocycles. The fourth-order valence-corrected chi connectivity index (χ4v) is 0.903. The molecule has 0 rings (SSSR count). The number of carbonyl (C=O) groups is 2. The lowest BCUT2D eigenvalue weighted by Gasteiger charge is -2.16. The molecule has 0 bridgehead atoms. The highest BCUT2D eigenvalue weighted by Gasteiger charge is 2.22. The zero-order valence-electron chi connectivity index (χ0n) is 11.2. The number of unbranched alkanes of at least 4 members (excludes halogenated alkanes) is 1. The highest BCUT2D eigenvalue weighted by atomic mass is 16.6. The van der Waals surface area contributed by atoms with Crippen molar-refractivity contribution in [3.63, 3.8) is 0 Å². The van der Waals surface area contributed by atoms with Gasteiger partial charge in [-0.3, -0.25) is 4.79 Å². The molecule has 5 nitrogen and oxygen atoms in total. The molecular weight excluding hydrogens is 222 g/mol. The molecule has 5 heteroatoms. The highest BCUT2D eigenvalue weighted by Crippen LogP contribution is 2.14. The molecule has 0 aliphatic rings. The fraction of sp³-hybridized carbons (Fsp3) is 0.833. The molecule has 17 heavy (non-hydrogen) atoms. The van der Waals surface area contributed by atoms with Crippen molar-refractivity contribution < 1.29 is 19.1 Å². The van der Waals surface area contributed by atoms with E-state index in [9.17, 15) is 9.59 Å². The maximum atomic E-state index is 11.3. The Morgan fingerprint density at radius 1 is 1.12 bits per heavy atom. The standard InChI is InChI=1S/C12H23NO4/c1-5-6-7-13-11(15)17-9-8-16-10(14)12(2,3)4/h5-9H2,1-4H3,(H,13,15). The van der Waals surface area contributed by atoms with Gasteiger partial charge in [0.2, 0.25) is 0 Å². The summed E-state index contributed by atoms with van der Waals surface area (Å²) in [5, 5.41) is 2.60. The Balaban J connectivity index is 3.51. The van der Waals surface area contributed by atoms with Crippen LogP contribution in [0.25, 0.3) is 0 Å². The Morgan fingerprint density at radius 3 is 2.24 bits per heavy atom. The van der Waals surface area contributed by atoms with Gasteiger partial charge in [0.25, 0.3) is 0 Å². The second-order valence-corrected chi connectivity index (χ2v) is 4.80. The number of ether oxygens (including phenoxy) is 2. The van der Waals surface area contributed by atoms with E-state index in [0.29, 0.717) is 6.54 Å². The summed E-state index contributed by atoms with van der Waals surface area (Å²) < 4.78 is 9.76. The predicted molar refractivity (Wildman–Crippen MR) is 64.7 cm³/mol. The number of amides is 1. The fourth-order valence-electron chi connectivity index (χ4n) is 0.903. The molecule has 0 radical (unpaired) electrons. The second-order valence-electron chi connectivity index (χ2n) is 4.80. The zero-order valence-corrected chi connectivity index (χ0v) is 11.2. The predicted octanol–water partition coefficient (Wildman–Crippen LogP) is 2.10. The van der Waals surface area contributed by atoms with Crippen LogP contribution in [-0.2, 0) is 14.3 Å². The first-order valence-electron chi connectivity index (χ1n) is 5.95. The molecule has 0 heterocycles. The van der Waals surface area contributed by atoms with Gasteiger partial charge in [-0.1, -0.05) is 13.3 Å². The molecule has 0 spiro atoms. The normalized spacial score (nSPS) is 10.8. The van der Waals surface area contributed by atoms with Crippen molar-refractivity contribution in [3.8, 4) is 0 Å². The van der Waals surface area contributed by atoms with Crippen molar-refractivity contribution in [2.45, 2.75) is 40.5 Å². The number of esters is 1. The van der Waals surface area contributed by atoms with Gasteiger partial charge < -0.3 is 14.8 Å². The minimum Gasteiger partial charge on any atom is -0.462 e. The molecule has 1 amide bonds. The number of alkyl carbamates (subject to hydrolysis) is 1. The SMILES string of the molecule is CCCCNC(=O)OCCOC(=O)C(C)(C)C. The third-order valence-corrected chi connectivity index (χ3v) is 1.96. The van der Waals surface area contributed by atoms with Crippen molar-refractivity contribution in [1.82, 2.24) is 5.32 Å². The molecule has 0 fully saturated rings. The number of rotatable bonds is 6. The van der Waals surface area contributed by atoms with Crippen LogP contribution in [0.3, 0.4) is 0 Å². The van der Waals surface area contributed by atoms with Crippen molar-refractivity contribution in [3.05, 3.63) is 0 Å². The minimum atomic E-state index is -0.524. The number of carbonyl (C=O) groups excluding carboxylic acids is 2. The average Bonchev–Trinajstić information content (AvgIpc) is 2.23. The molecule has 0 saturated carbocycles. The third kappa shape index (κ3) is 8.54. The molecule has 0 atom stereocenters. The largest absolute Gasteiger partial charge is 0.462 e. The van der Waals surface area contributed by atoms with Crippen molar-refractivity contribution in [1.29, 1.82) is 0 Å². The monoisotopic (exact) mass is 245 g/mol. The first kappa shape index (κ1) is 15.7. The van der Waals surface area contributed by atoms with Crippen molar-refractivity contribution in [2.75, 3.05) is 19.8 Å². The Labute approximate surface area is 103 Å². The van der Waals surface area contributed by atoms with Crippen LogP contribution < -0.4 is 5.32 Å². The molecule has 0 aliphatic carbocycles. The van der Waals surface area contributed by atoms with Crippen LogP contribution in [0.5, 0.6) is 0 Å². The average molecular weight is 245 g/mol. The Morgan fingerprint density at radius 2 is 1.71 bits per heavy atom. The van der Waals surface area contributed by atoms with Gasteiger partial charge >= 0.3 is 12.1 Å². The van der Waals surface area contributed by atoms with E-state index in [1.165, 1.54) is 0 Å². The van der Waals surface area contributed by atoms with E-state index in [-0.39, 0.29) is 19.2 Å². The summed E-state index contributed by atoms with van der Waals surface area (Å²) in [5.41, 5.74) is -0.524. The van der Waals surface area contributed by atoms with Crippen LogP contribution in [0.1, 0.15) is 40.5 Å². The van der Waals surface area contributed by atoms with E-state index in [1.807, 2.05) is 6.92 Å². The first-order valence-corrected chi connectivity index (χ1v) is 5.95. The van der Waals surface area contributed by atoms with Crippen LogP contribution >= 0.6 is 0 Å². The van der Waals surface area contributed by atoms with E-state index in [2.05, 4.69) is 5.32 Å². The summed E-state index contributed by atoms with van der Waals surface area (Å²) in [4.78, 5) is 22.4. The van der Waals surface area contributed by atoms with Gasteiger partial charge in [0.15, 0.2) is 0 Å². The maximum absolute atomic E-state index is 11.3. The van der Waals surface area contributed by atoms with Gasteiger partial charge in [-0.2, -0.15) is 0 Å². The van der Waals surface area contributed by atoms with Crippen LogP contribution in [0, 0.1) is 5.41 Å². The van der Waals surface area contributed by atoms with E-state index in [4.69, 9.17) is 9.47 Å². The molecule has 0 aromatic rings. The Kier molecular flexibility index (Phi) is 7.34. The van der Waals surface area contributed by atoms with Gasteiger partial charge in [-0.05, 0) is 27.2 Å². The van der Waals surface area contributed by atoms with Crippen molar-refractivity contribution in [2.24, 2.45) is 5.41 Å². The van der Waals surface area contributed by atoms with Crippen molar-refractivity contribution >= 4 is 12.1 Å². The Bertz CT molecular complexity index is 245. The summed E-state index contributed by atoms with van der Waals surface area (Å²) in [6, 6.07) is 0. The molecule has 0 saturated heterocycles. The lowest BCUT2D eigenvalue weighted by molar-refractivity contribution is -0.153. The molecule has 0 aromatic carbocycles. The number of nitrogens with one attached hydrogen (secondary N) is 1. The topological polar surface area (TPSA) is 64.6 Å². The van der Waals surface area contributed by atoms with Gasteiger partial charge in [0.1, 0.15) is 13.2 Å². The maximum Gasteiger partial charge on any atom is 0.407 e. The molecule has 1 N–H and O–H groups in total. The summed E-state index contributed by atoms with van der Waals surface area (Å²) in [6.07, 6.45) is 1.47. The van der Waals surface area contributed by atoms with E-state index >= 15 is 0 Å².